The summed E-state index contributed by atoms with van der Waals surface area (Å²) >= 11 is 0. The molecule has 0 spiro atoms. The highest BCUT2D eigenvalue weighted by atomic mass is 15.3. The average Bonchev–Trinajstić information content (AvgIpc) is 2.71. The van der Waals surface area contributed by atoms with E-state index in [1.807, 2.05) is 35.3 Å². The van der Waals surface area contributed by atoms with E-state index in [0.717, 1.165) is 6.54 Å². The molecule has 0 aromatic carbocycles. The van der Waals surface area contributed by atoms with E-state index in [2.05, 4.69) is 35.9 Å². The number of hydrogen-bond donors (Lipinski definition) is 0. The van der Waals surface area contributed by atoms with Crippen LogP contribution in [0.2, 0.25) is 0 Å². The lowest BCUT2D eigenvalue weighted by molar-refractivity contribution is 0.273. The molecule has 2 rings (SSSR count). The fourth-order valence-corrected chi connectivity index (χ4v) is 1.62. The van der Waals surface area contributed by atoms with Crippen LogP contribution in [0.4, 0.5) is 0 Å². The van der Waals surface area contributed by atoms with E-state index in [4.69, 9.17) is 0 Å². The van der Waals surface area contributed by atoms with Crippen molar-refractivity contribution in [1.82, 2.24) is 14.3 Å². The zero-order chi connectivity index (χ0) is 10.0. The minimum atomic E-state index is 0.0164. The summed E-state index contributed by atoms with van der Waals surface area (Å²) in [5.74, 6) is 0. The van der Waals surface area contributed by atoms with E-state index in [1.165, 1.54) is 0 Å². The van der Waals surface area contributed by atoms with Crippen molar-refractivity contribution in [3.8, 4) is 0 Å². The summed E-state index contributed by atoms with van der Waals surface area (Å²) in [6.07, 6.45) is 7.97. The van der Waals surface area contributed by atoms with Crippen LogP contribution in [0.15, 0.2) is 43.0 Å². The minimum Gasteiger partial charge on any atom is -0.352 e. The summed E-state index contributed by atoms with van der Waals surface area (Å²) < 4.78 is 4.16. The Morgan fingerprint density at radius 1 is 1.07 bits per heavy atom. The van der Waals surface area contributed by atoms with Crippen molar-refractivity contribution in [3.63, 3.8) is 0 Å². The van der Waals surface area contributed by atoms with Gasteiger partial charge in [0.15, 0.2) is 0 Å². The van der Waals surface area contributed by atoms with E-state index in [-0.39, 0.29) is 5.54 Å². The first-order valence-electron chi connectivity index (χ1n) is 4.79. The van der Waals surface area contributed by atoms with Crippen LogP contribution in [-0.2, 0) is 12.1 Å². The van der Waals surface area contributed by atoms with Gasteiger partial charge in [0, 0.05) is 31.3 Å². The van der Waals surface area contributed by atoms with E-state index >= 15 is 0 Å². The van der Waals surface area contributed by atoms with Gasteiger partial charge in [-0.3, -0.25) is 4.68 Å². The highest BCUT2D eigenvalue weighted by Gasteiger charge is 2.20. The quantitative estimate of drug-likeness (QED) is 0.725. The molecule has 2 aromatic rings. The van der Waals surface area contributed by atoms with Crippen molar-refractivity contribution in [3.05, 3.63) is 43.0 Å². The first-order valence-corrected chi connectivity index (χ1v) is 4.79. The molecule has 74 valence electrons. The van der Waals surface area contributed by atoms with E-state index in [0.29, 0.717) is 0 Å². The molecule has 3 heteroatoms. The number of rotatable bonds is 3. The largest absolute Gasteiger partial charge is 0.352 e. The van der Waals surface area contributed by atoms with Crippen LogP contribution in [0.5, 0.6) is 0 Å². The lowest BCUT2D eigenvalue weighted by Gasteiger charge is -2.25. The summed E-state index contributed by atoms with van der Waals surface area (Å²) in [7, 11) is 0. The van der Waals surface area contributed by atoms with Gasteiger partial charge in [0.1, 0.15) is 0 Å². The zero-order valence-electron chi connectivity index (χ0n) is 8.59. The second-order valence-electron chi connectivity index (χ2n) is 4.12. The Balaban J connectivity index is 2.17. The molecule has 2 aromatic heterocycles. The molecule has 0 amide bonds. The Kier molecular flexibility index (Phi) is 2.15. The van der Waals surface area contributed by atoms with Gasteiger partial charge in [-0.05, 0) is 32.0 Å². The molecule has 0 N–H and O–H groups in total. The Morgan fingerprint density at radius 2 is 1.79 bits per heavy atom. The van der Waals surface area contributed by atoms with Gasteiger partial charge in [0.2, 0.25) is 0 Å². The molecular weight excluding hydrogens is 174 g/mol. The topological polar surface area (TPSA) is 22.8 Å². The molecule has 2 heterocycles. The van der Waals surface area contributed by atoms with Gasteiger partial charge in [-0.1, -0.05) is 0 Å². The van der Waals surface area contributed by atoms with Crippen molar-refractivity contribution >= 4 is 0 Å². The van der Waals surface area contributed by atoms with Gasteiger partial charge < -0.3 is 4.57 Å². The molecule has 0 saturated carbocycles. The van der Waals surface area contributed by atoms with Crippen molar-refractivity contribution < 1.29 is 0 Å². The van der Waals surface area contributed by atoms with Crippen molar-refractivity contribution in [2.75, 3.05) is 0 Å². The van der Waals surface area contributed by atoms with Gasteiger partial charge in [0.05, 0.1) is 5.54 Å². The molecular formula is C11H15N3. The second kappa shape index (κ2) is 3.33. The molecule has 3 nitrogen and oxygen atoms in total. The fraction of sp³-hybridized carbons (Fsp3) is 0.364. The van der Waals surface area contributed by atoms with E-state index < -0.39 is 0 Å². The molecule has 0 saturated heterocycles. The van der Waals surface area contributed by atoms with Gasteiger partial charge in [-0.2, -0.15) is 5.10 Å². The molecule has 0 aliphatic heterocycles. The maximum atomic E-state index is 4.27. The molecule has 14 heavy (non-hydrogen) atoms. The lowest BCUT2D eigenvalue weighted by atomic mass is 10.1. The summed E-state index contributed by atoms with van der Waals surface area (Å²) in [6.45, 7) is 5.29. The zero-order valence-corrected chi connectivity index (χ0v) is 8.59. The molecule has 0 aliphatic rings. The molecule has 0 fully saturated rings. The summed E-state index contributed by atoms with van der Waals surface area (Å²) in [5.41, 5.74) is 0.0164. The van der Waals surface area contributed by atoms with Crippen molar-refractivity contribution in [1.29, 1.82) is 0 Å². The first kappa shape index (κ1) is 9.06. The highest BCUT2D eigenvalue weighted by Crippen LogP contribution is 2.16. The maximum Gasteiger partial charge on any atom is 0.0749 e. The molecule has 0 atom stereocenters. The van der Waals surface area contributed by atoms with E-state index in [1.54, 1.807) is 0 Å². The lowest BCUT2D eigenvalue weighted by Crippen LogP contribution is -2.31. The van der Waals surface area contributed by atoms with Crippen LogP contribution >= 0.6 is 0 Å². The predicted octanol–water partition coefficient (Wildman–Crippen LogP) is 2.12. The summed E-state index contributed by atoms with van der Waals surface area (Å²) in [6, 6.07) is 6.04. The standard InChI is InChI=1S/C11H15N3/c1-11(2,14-9-5-6-12-14)10-13-7-3-4-8-13/h3-9H,10H2,1-2H3. The van der Waals surface area contributed by atoms with Crippen molar-refractivity contribution in [2.45, 2.75) is 25.9 Å². The Hall–Kier alpha value is -1.51. The summed E-state index contributed by atoms with van der Waals surface area (Å²) in [4.78, 5) is 0. The monoisotopic (exact) mass is 189 g/mol. The van der Waals surface area contributed by atoms with Gasteiger partial charge in [-0.25, -0.2) is 0 Å². The van der Waals surface area contributed by atoms with Gasteiger partial charge >= 0.3 is 0 Å². The van der Waals surface area contributed by atoms with Crippen LogP contribution in [0.25, 0.3) is 0 Å². The third kappa shape index (κ3) is 1.71. The average molecular weight is 189 g/mol. The Labute approximate surface area is 84.0 Å². The van der Waals surface area contributed by atoms with Crippen molar-refractivity contribution in [2.24, 2.45) is 0 Å². The van der Waals surface area contributed by atoms with E-state index in [9.17, 15) is 0 Å². The molecule has 0 aliphatic carbocycles. The third-order valence-electron chi connectivity index (χ3n) is 2.36. The molecule has 0 radical (unpaired) electrons. The summed E-state index contributed by atoms with van der Waals surface area (Å²) in [5, 5.41) is 4.27. The molecule has 0 bridgehead atoms. The van der Waals surface area contributed by atoms with Gasteiger partial charge in [0.25, 0.3) is 0 Å². The number of nitrogens with zero attached hydrogens (tertiary/aromatic N) is 3. The highest BCUT2D eigenvalue weighted by molar-refractivity contribution is 4.93. The molecule has 0 unspecified atom stereocenters. The first-order chi connectivity index (χ1) is 6.68. The fourth-order valence-electron chi connectivity index (χ4n) is 1.62. The Morgan fingerprint density at radius 3 is 2.36 bits per heavy atom. The Bertz CT molecular complexity index is 371. The number of aromatic nitrogens is 3. The van der Waals surface area contributed by atoms with Crippen LogP contribution in [0.1, 0.15) is 13.8 Å². The van der Waals surface area contributed by atoms with Crippen LogP contribution < -0.4 is 0 Å². The number of hydrogen-bond acceptors (Lipinski definition) is 1. The predicted molar refractivity (Wildman–Crippen MR) is 56.0 cm³/mol. The third-order valence-corrected chi connectivity index (χ3v) is 2.36. The smallest absolute Gasteiger partial charge is 0.0749 e. The normalized spacial score (nSPS) is 11.9. The van der Waals surface area contributed by atoms with Crippen LogP contribution in [0, 0.1) is 0 Å². The van der Waals surface area contributed by atoms with Crippen LogP contribution in [0.3, 0.4) is 0 Å². The SMILES string of the molecule is CC(C)(Cn1cccc1)n1cccn1. The second-order valence-corrected chi connectivity index (χ2v) is 4.12. The van der Waals surface area contributed by atoms with Crippen LogP contribution in [-0.4, -0.2) is 14.3 Å². The maximum absolute atomic E-state index is 4.27. The minimum absolute atomic E-state index is 0.0164. The van der Waals surface area contributed by atoms with Gasteiger partial charge in [-0.15, -0.1) is 0 Å².